The number of rotatable bonds is 31. The molecule has 0 radical (unpaired) electrons. The molecule has 0 aliphatic heterocycles. The van der Waals surface area contributed by atoms with Crippen molar-refractivity contribution in [2.45, 2.75) is 199 Å². The highest BCUT2D eigenvalue weighted by Gasteiger charge is 2.22. The van der Waals surface area contributed by atoms with Crippen LogP contribution in [0.15, 0.2) is 12.2 Å². The Kier molecular flexibility index (Phi) is 30.3. The highest BCUT2D eigenvalue weighted by molar-refractivity contribution is 5.80. The molecule has 0 spiro atoms. The van der Waals surface area contributed by atoms with Crippen molar-refractivity contribution in [3.63, 3.8) is 0 Å². The Morgan fingerprint density at radius 1 is 0.600 bits per heavy atom. The van der Waals surface area contributed by atoms with Gasteiger partial charge in [0.25, 0.3) is 0 Å². The molecule has 4 N–H and O–H groups in total. The monoisotopic (exact) mass is 568 g/mol. The Morgan fingerprint density at radius 2 is 0.975 bits per heavy atom. The lowest BCUT2D eigenvalue weighted by atomic mass is 10.0. The van der Waals surface area contributed by atoms with E-state index in [9.17, 15) is 20.1 Å². The summed E-state index contributed by atoms with van der Waals surface area (Å²) in [5.74, 6) is -0.504. The molecule has 0 aliphatic rings. The van der Waals surface area contributed by atoms with Crippen LogP contribution in [-0.4, -0.2) is 46.1 Å². The second kappa shape index (κ2) is 31.0. The molecule has 0 heterocycles. The van der Waals surface area contributed by atoms with Crippen molar-refractivity contribution in [1.29, 1.82) is 0 Å². The molecule has 0 aliphatic carbocycles. The van der Waals surface area contributed by atoms with Crippen molar-refractivity contribution >= 4 is 5.91 Å². The van der Waals surface area contributed by atoms with Gasteiger partial charge in [-0.05, 0) is 19.3 Å². The lowest BCUT2D eigenvalue weighted by Crippen LogP contribution is -2.48. The molecule has 0 bridgehead atoms. The lowest BCUT2D eigenvalue weighted by Gasteiger charge is -2.21. The number of unbranched alkanes of at least 4 members (excludes halogenated alkanes) is 23. The number of nitrogens with one attached hydrogen (secondary N) is 1. The first-order valence-corrected chi connectivity index (χ1v) is 17.5. The van der Waals surface area contributed by atoms with E-state index in [1.54, 1.807) is 6.08 Å². The summed E-state index contributed by atoms with van der Waals surface area (Å²) in [6, 6.07) is -0.789. The summed E-state index contributed by atoms with van der Waals surface area (Å²) < 4.78 is 0. The average Bonchev–Trinajstić information content (AvgIpc) is 2.96. The quantitative estimate of drug-likeness (QED) is 0.0497. The second-order valence-corrected chi connectivity index (χ2v) is 12.1. The van der Waals surface area contributed by atoms with E-state index in [-0.39, 0.29) is 6.61 Å². The van der Waals surface area contributed by atoms with Crippen LogP contribution in [-0.2, 0) is 4.79 Å². The van der Waals surface area contributed by atoms with Crippen molar-refractivity contribution in [1.82, 2.24) is 5.32 Å². The molecule has 238 valence electrons. The standard InChI is InChI=1S/C35H69NO4/c1-3-5-7-9-11-13-15-16-17-18-20-22-24-26-28-30-34(39)35(40)36-32(31-37)33(38)29-27-25-23-21-19-14-12-10-8-6-4-2/h27,29,32-34,37-39H,3-26,28,30-31H2,1-2H3,(H,36,40)/b29-27+. The van der Waals surface area contributed by atoms with Gasteiger partial charge in [0.15, 0.2) is 0 Å². The lowest BCUT2D eigenvalue weighted by molar-refractivity contribution is -0.131. The van der Waals surface area contributed by atoms with Crippen LogP contribution in [0.4, 0.5) is 0 Å². The number of carbonyl (C=O) groups excluding carboxylic acids is 1. The summed E-state index contributed by atoms with van der Waals surface area (Å²) in [6.45, 7) is 4.15. The van der Waals surface area contributed by atoms with E-state index >= 15 is 0 Å². The van der Waals surface area contributed by atoms with Crippen LogP contribution in [0.3, 0.4) is 0 Å². The van der Waals surface area contributed by atoms with Crippen LogP contribution in [0.25, 0.3) is 0 Å². The van der Waals surface area contributed by atoms with E-state index in [1.165, 1.54) is 128 Å². The predicted octanol–water partition coefficient (Wildman–Crippen LogP) is 8.92. The number of hydrogen-bond acceptors (Lipinski definition) is 4. The molecule has 0 saturated heterocycles. The fourth-order valence-corrected chi connectivity index (χ4v) is 5.30. The molecular formula is C35H69NO4. The number of allylic oxidation sites excluding steroid dienone is 1. The van der Waals surface area contributed by atoms with Gasteiger partial charge in [-0.25, -0.2) is 0 Å². The minimum Gasteiger partial charge on any atom is -0.394 e. The normalized spacial score (nSPS) is 14.0. The molecular weight excluding hydrogens is 498 g/mol. The van der Waals surface area contributed by atoms with Crippen molar-refractivity contribution < 1.29 is 20.1 Å². The SMILES string of the molecule is CCCCCCCCCCC/C=C/C(O)C(CO)NC(=O)C(O)CCCCCCCCCCCCCCCCC. The van der Waals surface area contributed by atoms with Crippen LogP contribution in [0.5, 0.6) is 0 Å². The molecule has 3 unspecified atom stereocenters. The number of amides is 1. The van der Waals surface area contributed by atoms with Gasteiger partial charge in [0.05, 0.1) is 18.8 Å². The summed E-state index contributed by atoms with van der Waals surface area (Å²) >= 11 is 0. The summed E-state index contributed by atoms with van der Waals surface area (Å²) in [5.41, 5.74) is 0. The minimum atomic E-state index is -1.09. The molecule has 3 atom stereocenters. The Labute approximate surface area is 249 Å². The van der Waals surface area contributed by atoms with E-state index in [0.717, 1.165) is 32.1 Å². The zero-order chi connectivity index (χ0) is 29.5. The predicted molar refractivity (Wildman–Crippen MR) is 172 cm³/mol. The van der Waals surface area contributed by atoms with E-state index < -0.39 is 24.2 Å². The fraction of sp³-hybridized carbons (Fsp3) is 0.914. The van der Waals surface area contributed by atoms with Gasteiger partial charge in [-0.2, -0.15) is 0 Å². The highest BCUT2D eigenvalue weighted by Crippen LogP contribution is 2.15. The molecule has 0 aromatic heterocycles. The third-order valence-electron chi connectivity index (χ3n) is 8.13. The topological polar surface area (TPSA) is 89.8 Å². The van der Waals surface area contributed by atoms with Crippen molar-refractivity contribution in [2.75, 3.05) is 6.61 Å². The number of carbonyl (C=O) groups is 1. The van der Waals surface area contributed by atoms with Crippen LogP contribution in [0.2, 0.25) is 0 Å². The molecule has 0 aromatic rings. The smallest absolute Gasteiger partial charge is 0.249 e. The Hall–Kier alpha value is -0.910. The molecule has 0 rings (SSSR count). The first-order chi connectivity index (χ1) is 19.6. The van der Waals surface area contributed by atoms with Crippen molar-refractivity contribution in [3.8, 4) is 0 Å². The maximum atomic E-state index is 12.3. The van der Waals surface area contributed by atoms with Crippen LogP contribution >= 0.6 is 0 Å². The Balaban J connectivity index is 3.74. The zero-order valence-electron chi connectivity index (χ0n) is 26.7. The first kappa shape index (κ1) is 39.1. The number of hydrogen-bond donors (Lipinski definition) is 4. The van der Waals surface area contributed by atoms with Gasteiger partial charge in [-0.3, -0.25) is 4.79 Å². The van der Waals surface area contributed by atoms with E-state index in [4.69, 9.17) is 0 Å². The van der Waals surface area contributed by atoms with Crippen LogP contribution in [0, 0.1) is 0 Å². The van der Waals surface area contributed by atoms with Gasteiger partial charge in [0.2, 0.25) is 5.91 Å². The van der Waals surface area contributed by atoms with Gasteiger partial charge in [0.1, 0.15) is 6.10 Å². The summed E-state index contributed by atoms with van der Waals surface area (Å²) in [5, 5.41) is 32.8. The van der Waals surface area contributed by atoms with Crippen molar-refractivity contribution in [3.05, 3.63) is 12.2 Å². The zero-order valence-corrected chi connectivity index (χ0v) is 26.7. The molecule has 0 fully saturated rings. The first-order valence-electron chi connectivity index (χ1n) is 17.5. The van der Waals surface area contributed by atoms with Gasteiger partial charge in [0, 0.05) is 0 Å². The van der Waals surface area contributed by atoms with Gasteiger partial charge in [-0.1, -0.05) is 174 Å². The summed E-state index contributed by atoms with van der Waals surface area (Å²) in [4.78, 5) is 12.3. The number of aliphatic hydroxyl groups is 3. The Morgan fingerprint density at radius 3 is 1.38 bits per heavy atom. The van der Waals surface area contributed by atoms with Crippen LogP contribution in [0.1, 0.15) is 181 Å². The molecule has 0 aromatic carbocycles. The minimum absolute atomic E-state index is 0.360. The van der Waals surface area contributed by atoms with Gasteiger partial charge < -0.3 is 20.6 Å². The highest BCUT2D eigenvalue weighted by atomic mass is 16.3. The third-order valence-corrected chi connectivity index (χ3v) is 8.13. The van der Waals surface area contributed by atoms with Crippen molar-refractivity contribution in [2.24, 2.45) is 0 Å². The Bertz CT molecular complexity index is 554. The largest absolute Gasteiger partial charge is 0.394 e. The maximum Gasteiger partial charge on any atom is 0.249 e. The summed E-state index contributed by atoms with van der Waals surface area (Å²) in [7, 11) is 0. The number of aliphatic hydroxyl groups excluding tert-OH is 3. The second-order valence-electron chi connectivity index (χ2n) is 12.1. The van der Waals surface area contributed by atoms with Crippen LogP contribution < -0.4 is 5.32 Å². The maximum absolute atomic E-state index is 12.3. The third kappa shape index (κ3) is 26.0. The van der Waals surface area contributed by atoms with E-state index in [0.29, 0.717) is 6.42 Å². The molecule has 5 heteroatoms. The molecule has 0 saturated carbocycles. The average molecular weight is 568 g/mol. The fourth-order valence-electron chi connectivity index (χ4n) is 5.30. The van der Waals surface area contributed by atoms with Gasteiger partial charge in [-0.15, -0.1) is 0 Å². The molecule has 1 amide bonds. The summed E-state index contributed by atoms with van der Waals surface area (Å²) in [6.07, 6.45) is 33.6. The van der Waals surface area contributed by atoms with E-state index in [1.807, 2.05) is 6.08 Å². The van der Waals surface area contributed by atoms with E-state index in [2.05, 4.69) is 19.2 Å². The molecule has 40 heavy (non-hydrogen) atoms. The van der Waals surface area contributed by atoms with Gasteiger partial charge >= 0.3 is 0 Å². The molecule has 5 nitrogen and oxygen atoms in total.